The van der Waals surface area contributed by atoms with Gasteiger partial charge in [0.05, 0.1) is 31.0 Å². The van der Waals surface area contributed by atoms with Crippen LogP contribution in [0.15, 0.2) is 60.7 Å². The Morgan fingerprint density at radius 2 is 1.85 bits per heavy atom. The smallest absolute Gasteiger partial charge is 0.350 e. The topological polar surface area (TPSA) is 115 Å². The number of carbonyl (C=O) groups is 3. The van der Waals surface area contributed by atoms with Gasteiger partial charge in [-0.25, -0.2) is 9.78 Å². The highest BCUT2D eigenvalue weighted by atomic mass is 32.1. The lowest BCUT2D eigenvalue weighted by Crippen LogP contribution is -2.29. The van der Waals surface area contributed by atoms with Gasteiger partial charge in [-0.15, -0.1) is 0 Å². The number of hydrogen-bond acceptors (Lipinski definition) is 9. The first-order valence-corrected chi connectivity index (χ1v) is 13.5. The molecule has 4 rings (SSSR count). The van der Waals surface area contributed by atoms with Crippen LogP contribution in [-0.4, -0.2) is 48.1 Å². The van der Waals surface area contributed by atoms with Crippen LogP contribution >= 0.6 is 11.3 Å². The molecular formula is C30H30N2O7S. The predicted octanol–water partition coefficient (Wildman–Crippen LogP) is 5.53. The fourth-order valence-corrected chi connectivity index (χ4v) is 5.35. The number of aromatic nitrogens is 1. The quantitative estimate of drug-likeness (QED) is 0.113. The molecule has 0 radical (unpaired) electrons. The van der Waals surface area contributed by atoms with Gasteiger partial charge in [-0.3, -0.25) is 14.5 Å². The largest absolute Gasteiger partial charge is 0.507 e. The summed E-state index contributed by atoms with van der Waals surface area (Å²) >= 11 is 0.937. The van der Waals surface area contributed by atoms with Crippen LogP contribution < -0.4 is 14.4 Å². The normalized spacial score (nSPS) is 16.2. The number of thiazole rings is 1. The van der Waals surface area contributed by atoms with E-state index in [4.69, 9.17) is 14.2 Å². The number of ketones is 1. The molecule has 0 saturated carbocycles. The zero-order valence-electron chi connectivity index (χ0n) is 22.7. The van der Waals surface area contributed by atoms with Crippen molar-refractivity contribution in [3.05, 3.63) is 88.0 Å². The number of esters is 1. The SMILES string of the molecule is C=CCOC(=O)c1sc(N2C(=O)C(=O)C(=C(O)c3ccc(OCCC)cc3C)[C@@H]2c2ccc(OC)cc2)nc1C. The maximum atomic E-state index is 13.5. The highest BCUT2D eigenvalue weighted by molar-refractivity contribution is 7.17. The van der Waals surface area contributed by atoms with E-state index in [0.717, 1.165) is 17.8 Å². The fourth-order valence-electron chi connectivity index (χ4n) is 4.36. The molecule has 9 nitrogen and oxygen atoms in total. The zero-order valence-corrected chi connectivity index (χ0v) is 23.5. The van der Waals surface area contributed by atoms with Crippen molar-refractivity contribution in [2.24, 2.45) is 0 Å². The van der Waals surface area contributed by atoms with Crippen LogP contribution in [0.25, 0.3) is 5.76 Å². The summed E-state index contributed by atoms with van der Waals surface area (Å²) in [5, 5.41) is 11.6. The maximum absolute atomic E-state index is 13.5. The van der Waals surface area contributed by atoms with Crippen molar-refractivity contribution in [1.29, 1.82) is 0 Å². The summed E-state index contributed by atoms with van der Waals surface area (Å²) < 4.78 is 16.1. The number of rotatable bonds is 10. The van der Waals surface area contributed by atoms with Gasteiger partial charge >= 0.3 is 11.9 Å². The number of methoxy groups -OCH3 is 1. The second-order valence-corrected chi connectivity index (χ2v) is 10.0. The highest BCUT2D eigenvalue weighted by Gasteiger charge is 2.48. The summed E-state index contributed by atoms with van der Waals surface area (Å²) in [5.74, 6) is -1.45. The molecule has 1 aliphatic rings. The van der Waals surface area contributed by atoms with E-state index in [-0.39, 0.29) is 27.9 Å². The molecule has 2 heterocycles. The molecule has 208 valence electrons. The number of amides is 1. The lowest BCUT2D eigenvalue weighted by Gasteiger charge is -2.23. The van der Waals surface area contributed by atoms with Gasteiger partial charge in [-0.05, 0) is 61.7 Å². The van der Waals surface area contributed by atoms with Crippen molar-refractivity contribution in [2.75, 3.05) is 25.2 Å². The minimum Gasteiger partial charge on any atom is -0.507 e. The summed E-state index contributed by atoms with van der Waals surface area (Å²) in [4.78, 5) is 45.4. The first-order chi connectivity index (χ1) is 19.2. The standard InChI is InChI=1S/C30H30N2O7S/c1-6-14-38-21-12-13-22(17(3)16-21)25(33)23-24(19-8-10-20(37-5)11-9-19)32(28(35)26(23)34)30-31-18(4)27(40-30)29(36)39-15-7-2/h7-13,16,24,33H,2,6,14-15H2,1,3-5H3/t24-/m0/s1. The third kappa shape index (κ3) is 5.48. The zero-order chi connectivity index (χ0) is 29.0. The number of carbonyl (C=O) groups excluding carboxylic acids is 3. The Kier molecular flexibility index (Phi) is 8.69. The Morgan fingerprint density at radius 3 is 2.48 bits per heavy atom. The van der Waals surface area contributed by atoms with Gasteiger partial charge in [0.15, 0.2) is 5.13 Å². The van der Waals surface area contributed by atoms with Gasteiger partial charge in [0, 0.05) is 5.56 Å². The minimum atomic E-state index is -1.01. The Balaban J connectivity index is 1.86. The van der Waals surface area contributed by atoms with Gasteiger partial charge in [0.2, 0.25) is 0 Å². The van der Waals surface area contributed by atoms with Crippen LogP contribution in [0.3, 0.4) is 0 Å². The molecule has 1 aromatic heterocycles. The molecule has 1 amide bonds. The molecule has 0 unspecified atom stereocenters. The molecule has 0 spiro atoms. The van der Waals surface area contributed by atoms with Crippen LogP contribution in [0.1, 0.15) is 51.4 Å². The van der Waals surface area contributed by atoms with Gasteiger partial charge in [0.1, 0.15) is 28.7 Å². The molecule has 0 bridgehead atoms. The Morgan fingerprint density at radius 1 is 1.15 bits per heavy atom. The summed E-state index contributed by atoms with van der Waals surface area (Å²) in [6.07, 6.45) is 2.29. The van der Waals surface area contributed by atoms with Crippen LogP contribution in [0.5, 0.6) is 11.5 Å². The van der Waals surface area contributed by atoms with E-state index in [0.29, 0.717) is 40.5 Å². The van der Waals surface area contributed by atoms with Crippen LogP contribution in [0.2, 0.25) is 0 Å². The second-order valence-electron chi connectivity index (χ2n) is 9.07. The molecule has 3 aromatic rings. The van der Waals surface area contributed by atoms with E-state index in [1.165, 1.54) is 18.1 Å². The number of anilines is 1. The average Bonchev–Trinajstić information content (AvgIpc) is 3.46. The van der Waals surface area contributed by atoms with Crippen LogP contribution in [-0.2, 0) is 14.3 Å². The number of aryl methyl sites for hydroxylation is 2. The number of aliphatic hydroxyl groups excluding tert-OH is 1. The molecule has 1 aliphatic heterocycles. The Bertz CT molecular complexity index is 1490. The third-order valence-corrected chi connectivity index (χ3v) is 7.45. The van der Waals surface area contributed by atoms with Gasteiger partial charge in [-0.1, -0.05) is 43.0 Å². The van der Waals surface area contributed by atoms with Crippen molar-refractivity contribution in [3.8, 4) is 11.5 Å². The Hall–Kier alpha value is -4.44. The molecule has 1 atom stereocenters. The third-order valence-electron chi connectivity index (χ3n) is 6.31. The van der Waals surface area contributed by atoms with Crippen LogP contribution in [0.4, 0.5) is 5.13 Å². The first kappa shape index (κ1) is 28.6. The molecule has 1 fully saturated rings. The minimum absolute atomic E-state index is 0.0174. The summed E-state index contributed by atoms with van der Waals surface area (Å²) in [5.41, 5.74) is 1.87. The second kappa shape index (κ2) is 12.2. The number of hydrogen-bond donors (Lipinski definition) is 1. The maximum Gasteiger partial charge on any atom is 0.350 e. The average molecular weight is 563 g/mol. The molecule has 0 aliphatic carbocycles. The van der Waals surface area contributed by atoms with Crippen molar-refractivity contribution < 1.29 is 33.7 Å². The highest BCUT2D eigenvalue weighted by Crippen LogP contribution is 2.44. The molecule has 10 heteroatoms. The van der Waals surface area contributed by atoms with Crippen LogP contribution in [0, 0.1) is 13.8 Å². The van der Waals surface area contributed by atoms with Gasteiger partial charge in [0.25, 0.3) is 5.78 Å². The van der Waals surface area contributed by atoms with E-state index < -0.39 is 23.7 Å². The Labute approximate surface area is 236 Å². The molecular weight excluding hydrogens is 532 g/mol. The molecule has 40 heavy (non-hydrogen) atoms. The predicted molar refractivity (Wildman–Crippen MR) is 152 cm³/mol. The van der Waals surface area contributed by atoms with Crippen molar-refractivity contribution in [2.45, 2.75) is 33.2 Å². The first-order valence-electron chi connectivity index (χ1n) is 12.7. The number of ether oxygens (including phenoxy) is 3. The number of aliphatic hydroxyl groups is 1. The fraction of sp³-hybridized carbons (Fsp3) is 0.267. The number of Topliss-reactive ketones (excluding diaryl/α,β-unsaturated/α-hetero) is 1. The summed E-state index contributed by atoms with van der Waals surface area (Å²) in [7, 11) is 1.53. The van der Waals surface area contributed by atoms with E-state index in [9.17, 15) is 19.5 Å². The molecule has 1 N–H and O–H groups in total. The van der Waals surface area contributed by atoms with Crippen molar-refractivity contribution >= 4 is 39.9 Å². The lowest BCUT2D eigenvalue weighted by atomic mass is 9.94. The van der Waals surface area contributed by atoms with Gasteiger partial charge in [-0.2, -0.15) is 0 Å². The van der Waals surface area contributed by atoms with E-state index >= 15 is 0 Å². The molecule has 1 saturated heterocycles. The van der Waals surface area contributed by atoms with Crippen molar-refractivity contribution in [3.63, 3.8) is 0 Å². The van der Waals surface area contributed by atoms with Crippen molar-refractivity contribution in [1.82, 2.24) is 4.98 Å². The lowest BCUT2D eigenvalue weighted by molar-refractivity contribution is -0.132. The van der Waals surface area contributed by atoms with Gasteiger partial charge < -0.3 is 19.3 Å². The summed E-state index contributed by atoms with van der Waals surface area (Å²) in [6.45, 7) is 9.51. The van der Waals surface area contributed by atoms with E-state index in [2.05, 4.69) is 11.6 Å². The van der Waals surface area contributed by atoms with E-state index in [1.54, 1.807) is 56.3 Å². The number of benzene rings is 2. The molecule has 2 aromatic carbocycles. The summed E-state index contributed by atoms with van der Waals surface area (Å²) in [6, 6.07) is 11.0. The monoisotopic (exact) mass is 562 g/mol. The number of nitrogens with zero attached hydrogens (tertiary/aromatic N) is 2. The van der Waals surface area contributed by atoms with E-state index in [1.807, 2.05) is 6.92 Å².